The van der Waals surface area contributed by atoms with Gasteiger partial charge < -0.3 is 14.8 Å². The standard InChI is InChI=1S/C25H32ClNO4S/c1-7-30-24(29)21-18-10-8-16(25(4,5)6)13-20(18)32-23(21)27-22(28)15(3)31-19-11-9-17(26)12-14(19)2/h9,11-12,15-16H,7-8,10,13H2,1-6H3,(H,27,28)/t15-,16-/m0/s1. The topological polar surface area (TPSA) is 64.6 Å². The Bertz CT molecular complexity index is 1010. The maximum absolute atomic E-state index is 13.0. The first kappa shape index (κ1) is 24.6. The van der Waals surface area contributed by atoms with Gasteiger partial charge in [0.2, 0.25) is 0 Å². The summed E-state index contributed by atoms with van der Waals surface area (Å²) in [6.45, 7) is 12.4. The zero-order valence-corrected chi connectivity index (χ0v) is 21.2. The summed E-state index contributed by atoms with van der Waals surface area (Å²) in [5.74, 6) is 0.441. The van der Waals surface area contributed by atoms with Gasteiger partial charge in [0.05, 0.1) is 12.2 Å². The minimum atomic E-state index is -0.744. The molecule has 0 fully saturated rings. The van der Waals surface area contributed by atoms with Crippen molar-refractivity contribution in [1.29, 1.82) is 0 Å². The van der Waals surface area contributed by atoms with Gasteiger partial charge >= 0.3 is 5.97 Å². The maximum Gasteiger partial charge on any atom is 0.341 e. The minimum Gasteiger partial charge on any atom is -0.481 e. The average Bonchev–Trinajstić information content (AvgIpc) is 3.06. The number of nitrogens with one attached hydrogen (secondary N) is 1. The molecule has 0 radical (unpaired) electrons. The summed E-state index contributed by atoms with van der Waals surface area (Å²) >= 11 is 7.49. The van der Waals surface area contributed by atoms with Crippen molar-refractivity contribution in [2.24, 2.45) is 11.3 Å². The van der Waals surface area contributed by atoms with Crippen molar-refractivity contribution in [3.05, 3.63) is 44.8 Å². The number of hydrogen-bond acceptors (Lipinski definition) is 5. The van der Waals surface area contributed by atoms with Crippen LogP contribution in [0, 0.1) is 18.3 Å². The Balaban J connectivity index is 1.84. The Kier molecular flexibility index (Phi) is 7.56. The van der Waals surface area contributed by atoms with E-state index in [0.29, 0.717) is 27.3 Å². The summed E-state index contributed by atoms with van der Waals surface area (Å²) in [5, 5.41) is 4.11. The Morgan fingerprint density at radius 1 is 1.31 bits per heavy atom. The summed E-state index contributed by atoms with van der Waals surface area (Å²) in [6, 6.07) is 5.27. The second kappa shape index (κ2) is 9.84. The van der Waals surface area contributed by atoms with E-state index in [1.165, 1.54) is 11.3 Å². The summed E-state index contributed by atoms with van der Waals surface area (Å²) in [6.07, 6.45) is 1.99. The van der Waals surface area contributed by atoms with E-state index in [9.17, 15) is 9.59 Å². The lowest BCUT2D eigenvalue weighted by atomic mass is 9.72. The Morgan fingerprint density at radius 2 is 2.03 bits per heavy atom. The average molecular weight is 478 g/mol. The molecule has 1 aromatic carbocycles. The number of aryl methyl sites for hydroxylation is 1. The molecule has 1 aliphatic carbocycles. The van der Waals surface area contributed by atoms with Crippen molar-refractivity contribution in [1.82, 2.24) is 0 Å². The zero-order valence-electron chi connectivity index (χ0n) is 19.6. The highest BCUT2D eigenvalue weighted by Crippen LogP contribution is 2.44. The van der Waals surface area contributed by atoms with E-state index >= 15 is 0 Å². The van der Waals surface area contributed by atoms with Gasteiger partial charge in [-0.05, 0) is 80.7 Å². The second-order valence-corrected chi connectivity index (χ2v) is 10.9. The van der Waals surface area contributed by atoms with Gasteiger partial charge in [-0.1, -0.05) is 32.4 Å². The van der Waals surface area contributed by atoms with Crippen LogP contribution in [0.15, 0.2) is 18.2 Å². The Morgan fingerprint density at radius 3 is 2.66 bits per heavy atom. The highest BCUT2D eigenvalue weighted by Gasteiger charge is 2.34. The molecule has 174 valence electrons. The zero-order chi connectivity index (χ0) is 23.6. The SMILES string of the molecule is CCOC(=O)c1c(NC(=O)[C@H](C)Oc2ccc(Cl)cc2C)sc2c1CC[C@H](C(C)(C)C)C2. The first-order chi connectivity index (χ1) is 15.0. The second-order valence-electron chi connectivity index (χ2n) is 9.39. The molecule has 1 aromatic heterocycles. The van der Waals surface area contributed by atoms with Crippen molar-refractivity contribution in [2.45, 2.75) is 66.9 Å². The number of amides is 1. The van der Waals surface area contributed by atoms with E-state index in [-0.39, 0.29) is 23.9 Å². The van der Waals surface area contributed by atoms with Crippen LogP contribution >= 0.6 is 22.9 Å². The monoisotopic (exact) mass is 477 g/mol. The molecule has 0 aliphatic heterocycles. The van der Waals surface area contributed by atoms with Crippen LogP contribution in [-0.2, 0) is 22.4 Å². The molecule has 2 aromatic rings. The van der Waals surface area contributed by atoms with Crippen LogP contribution in [0.25, 0.3) is 0 Å². The van der Waals surface area contributed by atoms with Crippen LogP contribution in [0.5, 0.6) is 5.75 Å². The van der Waals surface area contributed by atoms with Gasteiger partial charge in [0, 0.05) is 9.90 Å². The maximum atomic E-state index is 13.0. The van der Waals surface area contributed by atoms with Crippen LogP contribution in [0.2, 0.25) is 5.02 Å². The van der Waals surface area contributed by atoms with Crippen LogP contribution in [-0.4, -0.2) is 24.6 Å². The summed E-state index contributed by atoms with van der Waals surface area (Å²) in [4.78, 5) is 26.9. The molecule has 2 atom stereocenters. The molecule has 1 N–H and O–H groups in total. The molecule has 1 heterocycles. The number of fused-ring (bicyclic) bond motifs is 1. The highest BCUT2D eigenvalue weighted by molar-refractivity contribution is 7.17. The number of carbonyl (C=O) groups is 2. The molecule has 1 amide bonds. The fourth-order valence-electron chi connectivity index (χ4n) is 4.03. The molecule has 1 aliphatic rings. The van der Waals surface area contributed by atoms with Crippen molar-refractivity contribution in [3.63, 3.8) is 0 Å². The molecule has 32 heavy (non-hydrogen) atoms. The van der Waals surface area contributed by atoms with Crippen molar-refractivity contribution in [2.75, 3.05) is 11.9 Å². The lowest BCUT2D eigenvalue weighted by Crippen LogP contribution is -2.30. The highest BCUT2D eigenvalue weighted by atomic mass is 35.5. The number of carbonyl (C=O) groups excluding carboxylic acids is 2. The molecule has 0 saturated heterocycles. The van der Waals surface area contributed by atoms with Crippen LogP contribution in [0.4, 0.5) is 5.00 Å². The third-order valence-electron chi connectivity index (χ3n) is 6.02. The molecule has 3 rings (SSSR count). The van der Waals surface area contributed by atoms with E-state index in [0.717, 1.165) is 35.3 Å². The van der Waals surface area contributed by atoms with Crippen LogP contribution < -0.4 is 10.1 Å². The number of ether oxygens (including phenoxy) is 2. The molecular weight excluding hydrogens is 446 g/mol. The fraction of sp³-hybridized carbons (Fsp3) is 0.520. The van der Waals surface area contributed by atoms with Gasteiger partial charge in [0.1, 0.15) is 10.8 Å². The van der Waals surface area contributed by atoms with Crippen molar-refractivity contribution >= 4 is 39.8 Å². The van der Waals surface area contributed by atoms with Gasteiger partial charge in [0.15, 0.2) is 6.10 Å². The van der Waals surface area contributed by atoms with E-state index in [4.69, 9.17) is 21.1 Å². The normalized spacial score (nSPS) is 16.8. The third-order valence-corrected chi connectivity index (χ3v) is 7.42. The number of halogens is 1. The number of rotatable bonds is 6. The van der Waals surface area contributed by atoms with Gasteiger partial charge in [-0.25, -0.2) is 4.79 Å². The number of benzene rings is 1. The van der Waals surface area contributed by atoms with Crippen LogP contribution in [0.1, 0.15) is 67.4 Å². The Labute approximate surface area is 199 Å². The first-order valence-electron chi connectivity index (χ1n) is 11.1. The predicted octanol–water partition coefficient (Wildman–Crippen LogP) is 6.44. The number of thiophene rings is 1. The lowest BCUT2D eigenvalue weighted by Gasteiger charge is -2.33. The molecule has 0 unspecified atom stereocenters. The smallest absolute Gasteiger partial charge is 0.341 e. The molecule has 7 heteroatoms. The first-order valence-corrected chi connectivity index (χ1v) is 12.3. The molecule has 0 spiro atoms. The van der Waals surface area contributed by atoms with Crippen LogP contribution in [0.3, 0.4) is 0 Å². The number of anilines is 1. The van der Waals surface area contributed by atoms with Gasteiger partial charge in [-0.2, -0.15) is 0 Å². The van der Waals surface area contributed by atoms with E-state index < -0.39 is 6.10 Å². The van der Waals surface area contributed by atoms with Gasteiger partial charge in [0.25, 0.3) is 5.91 Å². The number of esters is 1. The third kappa shape index (κ3) is 5.46. The van der Waals surface area contributed by atoms with E-state index in [1.807, 2.05) is 6.92 Å². The molecule has 0 saturated carbocycles. The summed E-state index contributed by atoms with van der Waals surface area (Å²) in [7, 11) is 0. The van der Waals surface area contributed by atoms with Crippen molar-refractivity contribution in [3.8, 4) is 5.75 Å². The fourth-order valence-corrected chi connectivity index (χ4v) is 5.58. The van der Waals surface area contributed by atoms with E-state index in [1.54, 1.807) is 32.0 Å². The molecule has 5 nitrogen and oxygen atoms in total. The lowest BCUT2D eigenvalue weighted by molar-refractivity contribution is -0.122. The largest absolute Gasteiger partial charge is 0.481 e. The van der Waals surface area contributed by atoms with Gasteiger partial charge in [-0.3, -0.25) is 4.79 Å². The van der Waals surface area contributed by atoms with E-state index in [2.05, 4.69) is 26.1 Å². The molecular formula is C25H32ClNO4S. The summed E-state index contributed by atoms with van der Waals surface area (Å²) < 4.78 is 11.2. The predicted molar refractivity (Wildman–Crippen MR) is 130 cm³/mol. The van der Waals surface area contributed by atoms with Gasteiger partial charge in [-0.15, -0.1) is 11.3 Å². The quantitative estimate of drug-likeness (QED) is 0.486. The molecule has 0 bridgehead atoms. The summed E-state index contributed by atoms with van der Waals surface area (Å²) in [5.41, 5.74) is 2.56. The minimum absolute atomic E-state index is 0.188. The van der Waals surface area contributed by atoms with Crippen molar-refractivity contribution < 1.29 is 19.1 Å². The Hall–Kier alpha value is -2.05. The number of hydrogen-bond donors (Lipinski definition) is 1.